The van der Waals surface area contributed by atoms with Crippen molar-refractivity contribution in [3.05, 3.63) is 84.4 Å². The van der Waals surface area contributed by atoms with Crippen LogP contribution in [0.15, 0.2) is 88.7 Å². The number of thioether (sulfide) groups is 2. The molecule has 0 saturated carbocycles. The van der Waals surface area contributed by atoms with Gasteiger partial charge < -0.3 is 4.98 Å². The summed E-state index contributed by atoms with van der Waals surface area (Å²) in [4.78, 5) is 6.43. The Bertz CT molecular complexity index is 995. The van der Waals surface area contributed by atoms with Gasteiger partial charge in [-0.3, -0.25) is 0 Å². The van der Waals surface area contributed by atoms with Crippen molar-refractivity contribution in [3.8, 4) is 11.3 Å². The summed E-state index contributed by atoms with van der Waals surface area (Å²) < 4.78 is 0.383. The van der Waals surface area contributed by atoms with Gasteiger partial charge in [-0.25, -0.2) is 0 Å². The molecule has 0 aliphatic carbocycles. The van der Waals surface area contributed by atoms with E-state index in [0.29, 0.717) is 4.58 Å². The van der Waals surface area contributed by atoms with E-state index in [-0.39, 0.29) is 0 Å². The molecule has 5 rings (SSSR count). The Hall–Kier alpha value is -2.10. The quantitative estimate of drug-likeness (QED) is 0.433. The number of para-hydroxylation sites is 1. The molecule has 2 heterocycles. The average molecular weight is 345 g/mol. The highest BCUT2D eigenvalue weighted by Crippen LogP contribution is 2.59. The maximum Gasteiger partial charge on any atom is 0.0873 e. The molecule has 4 aromatic rings. The largest absolute Gasteiger partial charge is 0.354 e. The minimum absolute atomic E-state index is 0.383. The highest BCUT2D eigenvalue weighted by atomic mass is 32.2. The van der Waals surface area contributed by atoms with Crippen LogP contribution >= 0.6 is 23.5 Å². The van der Waals surface area contributed by atoms with Gasteiger partial charge >= 0.3 is 0 Å². The smallest absolute Gasteiger partial charge is 0.0873 e. The number of aromatic amines is 1. The van der Waals surface area contributed by atoms with Gasteiger partial charge in [0.05, 0.1) is 10.3 Å². The third-order valence-corrected chi connectivity index (χ3v) is 7.19. The Morgan fingerprint density at radius 1 is 0.667 bits per heavy atom. The third kappa shape index (κ3) is 2.27. The first-order chi connectivity index (χ1) is 11.9. The Kier molecular flexibility index (Phi) is 3.42. The Morgan fingerprint density at radius 3 is 2.04 bits per heavy atom. The van der Waals surface area contributed by atoms with Crippen molar-refractivity contribution in [3.63, 3.8) is 0 Å². The lowest BCUT2D eigenvalue weighted by molar-refractivity contribution is 1.27. The molecule has 1 aliphatic heterocycles. The zero-order valence-corrected chi connectivity index (χ0v) is 14.5. The minimum Gasteiger partial charge on any atom is -0.354 e. The molecule has 0 spiro atoms. The van der Waals surface area contributed by atoms with Gasteiger partial charge in [-0.1, -0.05) is 60.7 Å². The summed E-state index contributed by atoms with van der Waals surface area (Å²) in [5.74, 6) is 0. The highest BCUT2D eigenvalue weighted by Gasteiger charge is 2.29. The number of nitrogens with one attached hydrogen (secondary N) is 1. The standard InChI is InChI=1S/C21H15NS2/c1-2-8-14(9-3-1)20-19(15-10-4-5-11-16(15)22-20)21-23-17-12-6-7-13-18(17)24-21/h1-13,21-22H. The van der Waals surface area contributed by atoms with E-state index < -0.39 is 0 Å². The SMILES string of the molecule is c1ccc(-c2[nH]c3ccccc3c2C2Sc3ccccc3S2)cc1. The van der Waals surface area contributed by atoms with E-state index in [2.05, 4.69) is 83.8 Å². The van der Waals surface area contributed by atoms with Crippen LogP contribution in [0.2, 0.25) is 0 Å². The van der Waals surface area contributed by atoms with Crippen LogP contribution in [0.5, 0.6) is 0 Å². The van der Waals surface area contributed by atoms with Gasteiger partial charge in [-0.15, -0.1) is 23.5 Å². The molecule has 0 unspecified atom stereocenters. The van der Waals surface area contributed by atoms with Gasteiger partial charge in [0.25, 0.3) is 0 Å². The lowest BCUT2D eigenvalue weighted by Gasteiger charge is -2.11. The summed E-state index contributed by atoms with van der Waals surface area (Å²) in [5.41, 5.74) is 5.11. The van der Waals surface area contributed by atoms with Gasteiger partial charge in [0.15, 0.2) is 0 Å². The molecule has 3 aromatic carbocycles. The Morgan fingerprint density at radius 2 is 1.29 bits per heavy atom. The molecule has 1 aromatic heterocycles. The number of rotatable bonds is 2. The van der Waals surface area contributed by atoms with Gasteiger partial charge in [0, 0.05) is 26.3 Å². The molecular formula is C21H15NS2. The zero-order chi connectivity index (χ0) is 15.9. The van der Waals surface area contributed by atoms with Crippen LogP contribution in [-0.4, -0.2) is 4.98 Å². The molecule has 0 bridgehead atoms. The molecule has 0 amide bonds. The maximum absolute atomic E-state index is 3.66. The van der Waals surface area contributed by atoms with E-state index in [1.807, 2.05) is 23.5 Å². The molecule has 0 fully saturated rings. The first-order valence-corrected chi connectivity index (χ1v) is 9.74. The topological polar surface area (TPSA) is 15.8 Å². The number of fused-ring (bicyclic) bond motifs is 2. The van der Waals surface area contributed by atoms with Gasteiger partial charge in [-0.05, 0) is 23.8 Å². The predicted molar refractivity (Wildman–Crippen MR) is 105 cm³/mol. The van der Waals surface area contributed by atoms with Crippen molar-refractivity contribution in [2.24, 2.45) is 0 Å². The predicted octanol–water partition coefficient (Wildman–Crippen LogP) is 6.73. The number of hydrogen-bond donors (Lipinski definition) is 1. The van der Waals surface area contributed by atoms with Crippen molar-refractivity contribution in [1.82, 2.24) is 4.98 Å². The van der Waals surface area contributed by atoms with E-state index in [4.69, 9.17) is 0 Å². The summed E-state index contributed by atoms with van der Waals surface area (Å²) in [5, 5.41) is 1.33. The minimum atomic E-state index is 0.383. The fraction of sp³-hybridized carbons (Fsp3) is 0.0476. The van der Waals surface area contributed by atoms with Gasteiger partial charge in [0.1, 0.15) is 0 Å². The lowest BCUT2D eigenvalue weighted by Crippen LogP contribution is -1.88. The van der Waals surface area contributed by atoms with E-state index >= 15 is 0 Å². The first kappa shape index (κ1) is 14.3. The molecule has 24 heavy (non-hydrogen) atoms. The van der Waals surface area contributed by atoms with Crippen LogP contribution in [0.1, 0.15) is 10.1 Å². The van der Waals surface area contributed by atoms with E-state index in [1.165, 1.54) is 37.5 Å². The molecule has 1 nitrogen and oxygen atoms in total. The molecule has 3 heteroatoms. The highest BCUT2D eigenvalue weighted by molar-refractivity contribution is 8.19. The maximum atomic E-state index is 3.66. The molecule has 0 radical (unpaired) electrons. The molecule has 0 atom stereocenters. The van der Waals surface area contributed by atoms with Crippen LogP contribution in [0.4, 0.5) is 0 Å². The second-order valence-electron chi connectivity index (χ2n) is 5.84. The second-order valence-corrected chi connectivity index (χ2v) is 8.43. The molecule has 0 saturated heterocycles. The van der Waals surface area contributed by atoms with Crippen LogP contribution in [0.25, 0.3) is 22.2 Å². The molecule has 1 N–H and O–H groups in total. The van der Waals surface area contributed by atoms with Gasteiger partial charge in [-0.2, -0.15) is 0 Å². The first-order valence-electron chi connectivity index (χ1n) is 7.98. The fourth-order valence-electron chi connectivity index (χ4n) is 3.26. The normalized spacial score (nSPS) is 14.2. The number of hydrogen-bond acceptors (Lipinski definition) is 2. The molecular weight excluding hydrogens is 330 g/mol. The molecule has 116 valence electrons. The monoisotopic (exact) mass is 345 g/mol. The van der Waals surface area contributed by atoms with Crippen LogP contribution < -0.4 is 0 Å². The van der Waals surface area contributed by atoms with Crippen LogP contribution in [-0.2, 0) is 0 Å². The van der Waals surface area contributed by atoms with E-state index in [9.17, 15) is 0 Å². The van der Waals surface area contributed by atoms with E-state index in [0.717, 1.165) is 0 Å². The van der Waals surface area contributed by atoms with Crippen molar-refractivity contribution in [2.75, 3.05) is 0 Å². The number of aromatic nitrogens is 1. The lowest BCUT2D eigenvalue weighted by atomic mass is 10.1. The third-order valence-electron chi connectivity index (χ3n) is 4.36. The van der Waals surface area contributed by atoms with Crippen molar-refractivity contribution >= 4 is 34.4 Å². The average Bonchev–Trinajstić information content (AvgIpc) is 3.23. The van der Waals surface area contributed by atoms with Crippen LogP contribution in [0, 0.1) is 0 Å². The second kappa shape index (κ2) is 5.76. The Balaban J connectivity index is 1.70. The summed E-state index contributed by atoms with van der Waals surface area (Å²) in [7, 11) is 0. The zero-order valence-electron chi connectivity index (χ0n) is 12.9. The van der Waals surface area contributed by atoms with Crippen molar-refractivity contribution < 1.29 is 0 Å². The van der Waals surface area contributed by atoms with E-state index in [1.54, 1.807) is 0 Å². The molecule has 1 aliphatic rings. The summed E-state index contributed by atoms with van der Waals surface area (Å²) in [6.07, 6.45) is 0. The summed E-state index contributed by atoms with van der Waals surface area (Å²) >= 11 is 3.92. The Labute approximate surface area is 149 Å². The number of benzene rings is 3. The van der Waals surface area contributed by atoms with Gasteiger partial charge in [0.2, 0.25) is 0 Å². The summed E-state index contributed by atoms with van der Waals surface area (Å²) in [6.45, 7) is 0. The number of H-pyrrole nitrogens is 1. The van der Waals surface area contributed by atoms with Crippen LogP contribution in [0.3, 0.4) is 0 Å². The van der Waals surface area contributed by atoms with Crippen molar-refractivity contribution in [2.45, 2.75) is 14.4 Å². The fourth-order valence-corrected chi connectivity index (χ4v) is 6.23. The van der Waals surface area contributed by atoms with Crippen molar-refractivity contribution in [1.29, 1.82) is 0 Å². The summed E-state index contributed by atoms with van der Waals surface area (Å²) in [6, 6.07) is 28.0.